The Morgan fingerprint density at radius 3 is 2.33 bits per heavy atom. The minimum absolute atomic E-state index is 0.146. The number of carbonyl (C=O) groups excluding carboxylic acids is 1. The van der Waals surface area contributed by atoms with E-state index >= 15 is 0 Å². The predicted molar refractivity (Wildman–Crippen MR) is 132 cm³/mol. The topological polar surface area (TPSA) is 78.5 Å². The zero-order valence-electron chi connectivity index (χ0n) is 19.6. The van der Waals surface area contributed by atoms with Gasteiger partial charge in [-0.15, -0.1) is 0 Å². The second-order valence-corrected chi connectivity index (χ2v) is 11.9. The lowest BCUT2D eigenvalue weighted by Crippen LogP contribution is -2.35. The molecule has 1 heterocycles. The molecular weight excluding hydrogens is 434 g/mol. The molecule has 0 bridgehead atoms. The molecule has 0 spiro atoms. The van der Waals surface area contributed by atoms with Crippen LogP contribution < -0.4 is 10.0 Å². The van der Waals surface area contributed by atoms with Crippen LogP contribution >= 0.6 is 0 Å². The average Bonchev–Trinajstić information content (AvgIpc) is 3.53. The van der Waals surface area contributed by atoms with E-state index in [-0.39, 0.29) is 6.04 Å². The molecule has 180 valence electrons. The average molecular weight is 472 g/mol. The molecular formula is C26H37N3O3S. The lowest BCUT2D eigenvalue weighted by Gasteiger charge is -2.29. The van der Waals surface area contributed by atoms with E-state index in [1.54, 1.807) is 6.08 Å². The van der Waals surface area contributed by atoms with Crippen molar-refractivity contribution in [1.29, 1.82) is 0 Å². The van der Waals surface area contributed by atoms with Gasteiger partial charge in [-0.2, -0.15) is 0 Å². The van der Waals surface area contributed by atoms with Crippen molar-refractivity contribution in [3.63, 3.8) is 0 Å². The van der Waals surface area contributed by atoms with E-state index in [1.165, 1.54) is 59.8 Å². The van der Waals surface area contributed by atoms with Crippen molar-refractivity contribution >= 4 is 21.7 Å². The van der Waals surface area contributed by atoms with Crippen LogP contribution in [0.5, 0.6) is 0 Å². The first-order valence-corrected chi connectivity index (χ1v) is 14.5. The summed E-state index contributed by atoms with van der Waals surface area (Å²) in [4.78, 5) is 15.1. The lowest BCUT2D eigenvalue weighted by molar-refractivity contribution is 0.208. The molecule has 1 aromatic carbocycles. The van der Waals surface area contributed by atoms with Gasteiger partial charge in [0.25, 0.3) is 10.0 Å². The smallest absolute Gasteiger partial charge is 0.307 e. The SMILES string of the molecule is O=C(Nc1c2c(cc3c1CCC3)CCC2)NS(=O)(=O)/C=C/[C@H]1CCCN1CC1CCCCC1. The van der Waals surface area contributed by atoms with Crippen LogP contribution in [-0.2, 0) is 35.7 Å². The first kappa shape index (κ1) is 22.9. The Bertz CT molecular complexity index is 995. The molecule has 0 radical (unpaired) electrons. The Hall–Kier alpha value is -1.86. The summed E-state index contributed by atoms with van der Waals surface area (Å²) < 4.78 is 27.6. The molecule has 1 saturated carbocycles. The van der Waals surface area contributed by atoms with Crippen LogP contribution in [0.4, 0.5) is 10.5 Å². The van der Waals surface area contributed by atoms with Gasteiger partial charge in [0, 0.05) is 23.7 Å². The van der Waals surface area contributed by atoms with Gasteiger partial charge < -0.3 is 5.32 Å². The van der Waals surface area contributed by atoms with Gasteiger partial charge in [-0.3, -0.25) is 4.90 Å². The highest BCUT2D eigenvalue weighted by Gasteiger charge is 2.28. The zero-order valence-corrected chi connectivity index (χ0v) is 20.4. The van der Waals surface area contributed by atoms with E-state index in [1.807, 2.05) is 0 Å². The summed E-state index contributed by atoms with van der Waals surface area (Å²) in [6, 6.07) is 1.79. The maximum absolute atomic E-state index is 12.7. The highest BCUT2D eigenvalue weighted by atomic mass is 32.2. The van der Waals surface area contributed by atoms with Gasteiger partial charge >= 0.3 is 6.03 Å². The number of anilines is 1. The first-order chi connectivity index (χ1) is 16.0. The third kappa shape index (κ3) is 5.29. The minimum atomic E-state index is -3.84. The summed E-state index contributed by atoms with van der Waals surface area (Å²) in [7, 11) is -3.84. The second-order valence-electron chi connectivity index (χ2n) is 10.4. The first-order valence-electron chi connectivity index (χ1n) is 12.9. The zero-order chi connectivity index (χ0) is 22.8. The summed E-state index contributed by atoms with van der Waals surface area (Å²) in [5.41, 5.74) is 5.88. The van der Waals surface area contributed by atoms with E-state index in [4.69, 9.17) is 0 Å². The number of amides is 2. The summed E-state index contributed by atoms with van der Waals surface area (Å²) in [5.74, 6) is 0.739. The molecule has 1 saturated heterocycles. The van der Waals surface area contributed by atoms with E-state index in [9.17, 15) is 13.2 Å². The fourth-order valence-electron chi connectivity index (χ4n) is 6.46. The van der Waals surface area contributed by atoms with Crippen LogP contribution in [0.1, 0.15) is 80.0 Å². The monoisotopic (exact) mass is 471 g/mol. The maximum Gasteiger partial charge on any atom is 0.333 e. The fraction of sp³-hybridized carbons (Fsp3) is 0.654. The normalized spacial score (nSPS) is 23.7. The van der Waals surface area contributed by atoms with E-state index in [0.717, 1.165) is 76.1 Å². The molecule has 0 aromatic heterocycles. The number of aryl methyl sites for hydroxylation is 2. The lowest BCUT2D eigenvalue weighted by atomic mass is 9.89. The maximum atomic E-state index is 12.7. The van der Waals surface area contributed by atoms with E-state index < -0.39 is 16.1 Å². The van der Waals surface area contributed by atoms with Gasteiger partial charge in [-0.1, -0.05) is 31.4 Å². The molecule has 2 amide bonds. The molecule has 3 aliphatic carbocycles. The Balaban J connectivity index is 1.22. The van der Waals surface area contributed by atoms with E-state index in [2.05, 4.69) is 21.0 Å². The molecule has 7 heteroatoms. The number of fused-ring (bicyclic) bond motifs is 2. The van der Waals surface area contributed by atoms with Crippen molar-refractivity contribution < 1.29 is 13.2 Å². The van der Waals surface area contributed by atoms with Crippen molar-refractivity contribution in [2.45, 2.75) is 89.5 Å². The number of carbonyl (C=O) groups is 1. The summed E-state index contributed by atoms with van der Waals surface area (Å²) in [6.45, 7) is 2.09. The molecule has 1 atom stereocenters. The number of rotatable bonds is 6. The summed E-state index contributed by atoms with van der Waals surface area (Å²) in [6.07, 6.45) is 16.6. The predicted octanol–water partition coefficient (Wildman–Crippen LogP) is 4.67. The molecule has 2 N–H and O–H groups in total. The van der Waals surface area contributed by atoms with Crippen LogP contribution in [0.15, 0.2) is 17.6 Å². The second kappa shape index (κ2) is 9.79. The molecule has 1 aromatic rings. The Morgan fingerprint density at radius 2 is 1.64 bits per heavy atom. The van der Waals surface area contributed by atoms with Gasteiger partial charge in [-0.05, 0) is 98.9 Å². The number of nitrogens with zero attached hydrogens (tertiary/aromatic N) is 1. The third-order valence-electron chi connectivity index (χ3n) is 8.06. The largest absolute Gasteiger partial charge is 0.333 e. The van der Waals surface area contributed by atoms with Gasteiger partial charge in [0.2, 0.25) is 0 Å². The van der Waals surface area contributed by atoms with Crippen molar-refractivity contribution in [3.05, 3.63) is 39.8 Å². The molecule has 1 aliphatic heterocycles. The van der Waals surface area contributed by atoms with Crippen molar-refractivity contribution in [2.24, 2.45) is 5.92 Å². The molecule has 33 heavy (non-hydrogen) atoms. The van der Waals surface area contributed by atoms with Gasteiger partial charge in [0.15, 0.2) is 0 Å². The highest BCUT2D eigenvalue weighted by Crippen LogP contribution is 2.38. The van der Waals surface area contributed by atoms with Gasteiger partial charge in [0.05, 0.1) is 0 Å². The van der Waals surface area contributed by atoms with E-state index in [0.29, 0.717) is 0 Å². The molecule has 5 rings (SSSR count). The van der Waals surface area contributed by atoms with Crippen LogP contribution in [0, 0.1) is 5.92 Å². The number of hydrogen-bond donors (Lipinski definition) is 2. The molecule has 0 unspecified atom stereocenters. The number of nitrogens with one attached hydrogen (secondary N) is 2. The molecule has 6 nitrogen and oxygen atoms in total. The third-order valence-corrected chi connectivity index (χ3v) is 9.04. The van der Waals surface area contributed by atoms with Crippen molar-refractivity contribution in [1.82, 2.24) is 9.62 Å². The standard InChI is InChI=1S/C26H37N3O3S/c30-26(27-25-23-12-4-9-20(23)17-21-10-5-13-24(21)25)28-33(31,32)16-14-22-11-6-15-29(22)18-19-7-2-1-3-8-19/h14,16-17,19,22H,1-13,15,18H2,(H2,27,28,30)/b16-14+/t22-/m1/s1. The van der Waals surface area contributed by atoms with Crippen molar-refractivity contribution in [2.75, 3.05) is 18.4 Å². The van der Waals surface area contributed by atoms with Gasteiger partial charge in [-0.25, -0.2) is 17.9 Å². The van der Waals surface area contributed by atoms with Crippen molar-refractivity contribution in [3.8, 4) is 0 Å². The quantitative estimate of drug-likeness (QED) is 0.632. The van der Waals surface area contributed by atoms with Gasteiger partial charge in [0.1, 0.15) is 0 Å². The molecule has 2 fully saturated rings. The summed E-state index contributed by atoms with van der Waals surface area (Å²) >= 11 is 0. The van der Waals surface area contributed by atoms with Crippen LogP contribution in [0.3, 0.4) is 0 Å². The van der Waals surface area contributed by atoms with Crippen LogP contribution in [0.2, 0.25) is 0 Å². The molecule has 4 aliphatic rings. The number of hydrogen-bond acceptors (Lipinski definition) is 4. The van der Waals surface area contributed by atoms with Crippen LogP contribution in [-0.4, -0.2) is 38.5 Å². The Labute approximate surface area is 198 Å². The fourth-order valence-corrected chi connectivity index (χ4v) is 7.23. The highest BCUT2D eigenvalue weighted by molar-refractivity contribution is 7.92. The number of sulfonamides is 1. The number of benzene rings is 1. The summed E-state index contributed by atoms with van der Waals surface area (Å²) in [5, 5.41) is 4.12. The van der Waals surface area contributed by atoms with Crippen LogP contribution in [0.25, 0.3) is 0 Å². The minimum Gasteiger partial charge on any atom is -0.307 e. The number of likely N-dealkylation sites (tertiary alicyclic amines) is 1. The Kier molecular flexibility index (Phi) is 6.79. The Morgan fingerprint density at radius 1 is 0.939 bits per heavy atom. The number of urea groups is 1.